The Labute approximate surface area is 217 Å². The van der Waals surface area contributed by atoms with Gasteiger partial charge in [0, 0.05) is 47.5 Å². The number of aromatic nitrogens is 2. The molecular weight excluding hydrogens is 468 g/mol. The molecule has 3 heterocycles. The van der Waals surface area contributed by atoms with Gasteiger partial charge in [0.2, 0.25) is 0 Å². The summed E-state index contributed by atoms with van der Waals surface area (Å²) in [7, 11) is 0. The number of rotatable bonds is 2. The van der Waals surface area contributed by atoms with Gasteiger partial charge in [-0.3, -0.25) is 0 Å². The summed E-state index contributed by atoms with van der Waals surface area (Å²) in [5, 5.41) is 7.41. The molecule has 3 aromatic heterocycles. The average Bonchev–Trinajstić information content (AvgIpc) is 3.33. The second-order valence-electron chi connectivity index (χ2n) is 9.44. The lowest BCUT2D eigenvalue weighted by atomic mass is 9.97. The van der Waals surface area contributed by atoms with Crippen molar-refractivity contribution < 1.29 is 0 Å². The van der Waals surface area contributed by atoms with Gasteiger partial charge in [-0.2, -0.15) is 0 Å². The Morgan fingerprint density at radius 3 is 2.05 bits per heavy atom. The zero-order valence-corrected chi connectivity index (χ0v) is 20.7. The van der Waals surface area contributed by atoms with E-state index in [1.165, 1.54) is 36.3 Å². The first-order chi connectivity index (χ1) is 18.3. The van der Waals surface area contributed by atoms with E-state index in [0.29, 0.717) is 0 Å². The topological polar surface area (TPSA) is 25.8 Å². The lowest BCUT2D eigenvalue weighted by Gasteiger charge is -2.11. The van der Waals surface area contributed by atoms with Gasteiger partial charge >= 0.3 is 0 Å². The Balaban J connectivity index is 1.34. The smallest absolute Gasteiger partial charge is 0.0788 e. The molecule has 0 atom stereocenters. The first-order valence-corrected chi connectivity index (χ1v) is 13.2. The largest absolute Gasteiger partial charge is 0.248 e. The monoisotopic (exact) mass is 488 g/mol. The lowest BCUT2D eigenvalue weighted by Crippen LogP contribution is -1.90. The number of hydrogen-bond acceptors (Lipinski definition) is 3. The Bertz CT molecular complexity index is 2140. The van der Waals surface area contributed by atoms with Gasteiger partial charge in [-0.05, 0) is 41.8 Å². The van der Waals surface area contributed by atoms with Gasteiger partial charge in [0.05, 0.1) is 22.4 Å². The normalized spacial score (nSPS) is 11.8. The molecule has 0 bridgehead atoms. The minimum atomic E-state index is 0.980. The molecular formula is C34H20N2S. The number of hydrogen-bond donors (Lipinski definition) is 0. The van der Waals surface area contributed by atoms with Gasteiger partial charge in [0.1, 0.15) is 0 Å². The molecule has 172 valence electrons. The maximum atomic E-state index is 5.17. The maximum absolute atomic E-state index is 5.17. The summed E-state index contributed by atoms with van der Waals surface area (Å²) < 4.78 is 2.61. The molecule has 0 N–H and O–H groups in total. The van der Waals surface area contributed by atoms with Crippen LogP contribution in [-0.4, -0.2) is 9.97 Å². The molecule has 2 nitrogen and oxygen atoms in total. The predicted molar refractivity (Wildman–Crippen MR) is 158 cm³/mol. The second kappa shape index (κ2) is 7.95. The number of para-hydroxylation sites is 2. The van der Waals surface area contributed by atoms with Crippen LogP contribution in [0.2, 0.25) is 0 Å². The van der Waals surface area contributed by atoms with Gasteiger partial charge < -0.3 is 0 Å². The number of benzene rings is 5. The van der Waals surface area contributed by atoms with E-state index in [0.717, 1.165) is 38.9 Å². The van der Waals surface area contributed by atoms with E-state index in [4.69, 9.17) is 9.97 Å². The zero-order chi connectivity index (χ0) is 24.3. The highest BCUT2D eigenvalue weighted by Crippen LogP contribution is 2.41. The first-order valence-electron chi connectivity index (χ1n) is 12.4. The van der Waals surface area contributed by atoms with E-state index in [2.05, 4.69) is 109 Å². The molecule has 0 aliphatic rings. The molecule has 0 unspecified atom stereocenters. The quantitative estimate of drug-likeness (QED) is 0.226. The number of fused-ring (bicyclic) bond motifs is 7. The number of thiophene rings is 1. The van der Waals surface area contributed by atoms with Crippen molar-refractivity contribution in [2.45, 2.75) is 0 Å². The van der Waals surface area contributed by atoms with Crippen molar-refractivity contribution >= 4 is 64.1 Å². The second-order valence-corrected chi connectivity index (χ2v) is 10.5. The van der Waals surface area contributed by atoms with Crippen molar-refractivity contribution in [3.05, 3.63) is 121 Å². The summed E-state index contributed by atoms with van der Waals surface area (Å²) in [6.07, 6.45) is 0. The molecule has 3 heteroatoms. The van der Waals surface area contributed by atoms with E-state index < -0.39 is 0 Å². The Hall–Kier alpha value is -4.60. The summed E-state index contributed by atoms with van der Waals surface area (Å²) >= 11 is 1.85. The third-order valence-corrected chi connectivity index (χ3v) is 8.38. The van der Waals surface area contributed by atoms with Gasteiger partial charge in [-0.1, -0.05) is 84.9 Å². The molecule has 5 aromatic carbocycles. The molecule has 8 rings (SSSR count). The lowest BCUT2D eigenvalue weighted by molar-refractivity contribution is 1.39. The Kier molecular flexibility index (Phi) is 4.42. The van der Waals surface area contributed by atoms with Crippen molar-refractivity contribution in [3.63, 3.8) is 0 Å². The highest BCUT2D eigenvalue weighted by atomic mass is 32.1. The van der Waals surface area contributed by atoms with E-state index in [-0.39, 0.29) is 0 Å². The molecule has 0 aliphatic heterocycles. The zero-order valence-electron chi connectivity index (χ0n) is 19.8. The van der Waals surface area contributed by atoms with E-state index in [9.17, 15) is 0 Å². The van der Waals surface area contributed by atoms with E-state index in [1.54, 1.807) is 0 Å². The van der Waals surface area contributed by atoms with Gasteiger partial charge in [0.15, 0.2) is 0 Å². The molecule has 0 fully saturated rings. The first kappa shape index (κ1) is 20.6. The Morgan fingerprint density at radius 2 is 1.16 bits per heavy atom. The molecule has 0 saturated carbocycles. The highest BCUT2D eigenvalue weighted by Gasteiger charge is 2.14. The van der Waals surface area contributed by atoms with Crippen LogP contribution in [0.1, 0.15) is 0 Å². The standard InChI is InChI=1S/C34H20N2S/c1-4-10-29-21(7-1)17-18-30(35-29)22-13-15-23(16-14-22)34-28-20-33-27(25-9-3-6-12-32(25)37-33)19-26(28)24-8-2-5-11-31(24)36-34/h1-20H. The minimum Gasteiger partial charge on any atom is -0.248 e. The van der Waals surface area contributed by atoms with Crippen molar-refractivity contribution in [1.82, 2.24) is 9.97 Å². The number of pyridine rings is 2. The summed E-state index contributed by atoms with van der Waals surface area (Å²) in [6, 6.07) is 43.0. The van der Waals surface area contributed by atoms with Crippen LogP contribution < -0.4 is 0 Å². The Morgan fingerprint density at radius 1 is 0.432 bits per heavy atom. The molecule has 0 radical (unpaired) electrons. The third kappa shape index (κ3) is 3.25. The van der Waals surface area contributed by atoms with Crippen molar-refractivity contribution in [1.29, 1.82) is 0 Å². The molecule has 0 aliphatic carbocycles. The van der Waals surface area contributed by atoms with Crippen LogP contribution >= 0.6 is 11.3 Å². The van der Waals surface area contributed by atoms with Gasteiger partial charge in [-0.25, -0.2) is 9.97 Å². The van der Waals surface area contributed by atoms with Crippen LogP contribution in [0.5, 0.6) is 0 Å². The summed E-state index contributed by atoms with van der Waals surface area (Å²) in [5.41, 5.74) is 6.25. The van der Waals surface area contributed by atoms with Crippen LogP contribution in [0.25, 0.3) is 75.3 Å². The van der Waals surface area contributed by atoms with Crippen molar-refractivity contribution in [2.24, 2.45) is 0 Å². The molecule has 8 aromatic rings. The molecule has 0 saturated heterocycles. The molecule has 37 heavy (non-hydrogen) atoms. The van der Waals surface area contributed by atoms with Crippen molar-refractivity contribution in [2.75, 3.05) is 0 Å². The van der Waals surface area contributed by atoms with Crippen LogP contribution in [0.15, 0.2) is 121 Å². The fraction of sp³-hybridized carbons (Fsp3) is 0. The van der Waals surface area contributed by atoms with Crippen LogP contribution in [0, 0.1) is 0 Å². The molecule has 0 amide bonds. The third-order valence-electron chi connectivity index (χ3n) is 7.25. The van der Waals surface area contributed by atoms with E-state index >= 15 is 0 Å². The maximum Gasteiger partial charge on any atom is 0.0788 e. The SMILES string of the molecule is c1ccc2nc(-c3ccc(-c4nc5ccccc5c5cc6c(cc45)sc4ccccc46)cc3)ccc2c1. The fourth-order valence-corrected chi connectivity index (χ4v) is 6.54. The van der Waals surface area contributed by atoms with E-state index in [1.807, 2.05) is 23.5 Å². The van der Waals surface area contributed by atoms with Crippen LogP contribution in [0.4, 0.5) is 0 Å². The average molecular weight is 489 g/mol. The fourth-order valence-electron chi connectivity index (χ4n) is 5.42. The van der Waals surface area contributed by atoms with Crippen molar-refractivity contribution in [3.8, 4) is 22.5 Å². The van der Waals surface area contributed by atoms with Gasteiger partial charge in [-0.15, -0.1) is 11.3 Å². The van der Waals surface area contributed by atoms with Gasteiger partial charge in [0.25, 0.3) is 0 Å². The highest BCUT2D eigenvalue weighted by molar-refractivity contribution is 7.25. The summed E-state index contributed by atoms with van der Waals surface area (Å²) in [4.78, 5) is 10.0. The number of nitrogens with zero attached hydrogens (tertiary/aromatic N) is 2. The van der Waals surface area contributed by atoms with Crippen LogP contribution in [0.3, 0.4) is 0 Å². The minimum absolute atomic E-state index is 0.980. The summed E-state index contributed by atoms with van der Waals surface area (Å²) in [5.74, 6) is 0. The predicted octanol–water partition coefficient (Wildman–Crippen LogP) is 9.64. The summed E-state index contributed by atoms with van der Waals surface area (Å²) in [6.45, 7) is 0. The molecule has 0 spiro atoms. The van der Waals surface area contributed by atoms with Crippen LogP contribution in [-0.2, 0) is 0 Å².